The third kappa shape index (κ3) is 3.39. The largest absolute Gasteiger partial charge is 0.454 e. The summed E-state index contributed by atoms with van der Waals surface area (Å²) in [6.45, 7) is 2.82. The molecule has 1 heterocycles. The molecule has 1 N–H and O–H groups in total. The van der Waals surface area contributed by atoms with Gasteiger partial charge in [0.2, 0.25) is 11.8 Å². The quantitative estimate of drug-likeness (QED) is 0.413. The maximum atomic E-state index is 12.8. The number of nitrogens with zero attached hydrogens (tertiary/aromatic N) is 1. The number of hydrogen-bond acceptors (Lipinski definition) is 5. The van der Waals surface area contributed by atoms with Crippen molar-refractivity contribution in [1.82, 2.24) is 4.90 Å². The van der Waals surface area contributed by atoms with E-state index in [0.717, 1.165) is 21.4 Å². The average Bonchev–Trinajstić information content (AvgIpc) is 3.35. The number of imide groups is 1. The number of carbonyl (C=O) groups is 4. The number of nitrogens with one attached hydrogen (secondary N) is 1. The molecule has 5 atom stereocenters. The van der Waals surface area contributed by atoms with Crippen LogP contribution in [0.25, 0.3) is 0 Å². The van der Waals surface area contributed by atoms with Gasteiger partial charge in [0, 0.05) is 10.2 Å². The lowest BCUT2D eigenvalue weighted by Crippen LogP contribution is -2.45. The van der Waals surface area contributed by atoms with Crippen molar-refractivity contribution in [2.24, 2.45) is 23.7 Å². The van der Waals surface area contributed by atoms with Crippen LogP contribution in [0.15, 0.2) is 34.8 Å². The number of allylic oxidation sites excluding steroid dienone is 2. The molecular weight excluding hydrogens is 440 g/mol. The van der Waals surface area contributed by atoms with Gasteiger partial charge in [0.15, 0.2) is 6.61 Å². The standard InChI is InChI=1S/C21H21BrN2O5/c1-10-7-14(22)5-6-15(10)23-16(25)9-29-21(28)11(2)24-19(26)17-12-3-4-13(8-12)18(17)20(24)27/h3-7,11-13,17-18H,8-9H2,1-2H3,(H,23,25)/t11-,12+,13+,17-,18+/m1/s1. The molecule has 2 fully saturated rings. The number of likely N-dealkylation sites (tertiary alicyclic amines) is 1. The normalized spacial score (nSPS) is 27.9. The predicted molar refractivity (Wildman–Crippen MR) is 107 cm³/mol. The summed E-state index contributed by atoms with van der Waals surface area (Å²) in [7, 11) is 0. The van der Waals surface area contributed by atoms with Gasteiger partial charge in [-0.2, -0.15) is 0 Å². The number of halogens is 1. The van der Waals surface area contributed by atoms with Gasteiger partial charge in [0.05, 0.1) is 11.8 Å². The minimum atomic E-state index is -1.05. The van der Waals surface area contributed by atoms with Crippen molar-refractivity contribution >= 4 is 45.3 Å². The summed E-state index contributed by atoms with van der Waals surface area (Å²) in [5, 5.41) is 2.68. The lowest BCUT2D eigenvalue weighted by atomic mass is 9.85. The number of aryl methyl sites for hydroxylation is 1. The van der Waals surface area contributed by atoms with E-state index in [4.69, 9.17) is 4.74 Å². The van der Waals surface area contributed by atoms with Crippen LogP contribution in [0.1, 0.15) is 18.9 Å². The van der Waals surface area contributed by atoms with Gasteiger partial charge in [0.25, 0.3) is 5.91 Å². The van der Waals surface area contributed by atoms with E-state index >= 15 is 0 Å². The average molecular weight is 461 g/mol. The lowest BCUT2D eigenvalue weighted by Gasteiger charge is -2.23. The van der Waals surface area contributed by atoms with E-state index in [2.05, 4.69) is 21.2 Å². The van der Waals surface area contributed by atoms with E-state index in [1.165, 1.54) is 6.92 Å². The minimum absolute atomic E-state index is 0.0783. The van der Waals surface area contributed by atoms with E-state index in [1.54, 1.807) is 12.1 Å². The molecule has 1 saturated heterocycles. The SMILES string of the molecule is Cc1cc(Br)ccc1NC(=O)COC(=O)[C@@H](C)N1C(=O)[C@@H]2[C@H](C1=O)[C@H]1C=C[C@H]2C1. The molecule has 8 heteroatoms. The zero-order valence-corrected chi connectivity index (χ0v) is 17.6. The van der Waals surface area contributed by atoms with Crippen molar-refractivity contribution in [3.8, 4) is 0 Å². The number of fused-ring (bicyclic) bond motifs is 5. The van der Waals surface area contributed by atoms with Gasteiger partial charge in [-0.1, -0.05) is 28.1 Å². The molecule has 1 aromatic carbocycles. The first-order chi connectivity index (χ1) is 13.8. The van der Waals surface area contributed by atoms with E-state index in [0.29, 0.717) is 5.69 Å². The number of anilines is 1. The second-order valence-corrected chi connectivity index (χ2v) is 8.75. The van der Waals surface area contributed by atoms with Crippen LogP contribution in [-0.4, -0.2) is 41.2 Å². The molecule has 1 saturated carbocycles. The number of esters is 1. The Bertz CT molecular complexity index is 913. The molecule has 152 valence electrons. The summed E-state index contributed by atoms with van der Waals surface area (Å²) < 4.78 is 5.97. The highest BCUT2D eigenvalue weighted by Crippen LogP contribution is 2.52. The first-order valence-electron chi connectivity index (χ1n) is 9.56. The molecule has 0 aromatic heterocycles. The van der Waals surface area contributed by atoms with Crippen molar-refractivity contribution in [2.75, 3.05) is 11.9 Å². The Morgan fingerprint density at radius 1 is 1.21 bits per heavy atom. The molecule has 0 unspecified atom stereocenters. The van der Waals surface area contributed by atoms with Crippen LogP contribution in [-0.2, 0) is 23.9 Å². The van der Waals surface area contributed by atoms with Gasteiger partial charge in [0.1, 0.15) is 6.04 Å². The molecule has 2 aliphatic carbocycles. The van der Waals surface area contributed by atoms with Gasteiger partial charge in [-0.05, 0) is 55.9 Å². The number of hydrogen-bond donors (Lipinski definition) is 1. The maximum absolute atomic E-state index is 12.8. The second-order valence-electron chi connectivity index (χ2n) is 7.84. The molecule has 1 aromatic rings. The molecule has 29 heavy (non-hydrogen) atoms. The highest BCUT2D eigenvalue weighted by molar-refractivity contribution is 9.10. The number of benzene rings is 1. The first-order valence-corrected chi connectivity index (χ1v) is 10.3. The molecule has 0 radical (unpaired) electrons. The molecule has 4 rings (SSSR count). The fourth-order valence-electron chi connectivity index (χ4n) is 4.62. The molecule has 2 bridgehead atoms. The van der Waals surface area contributed by atoms with Crippen LogP contribution in [0.5, 0.6) is 0 Å². The monoisotopic (exact) mass is 460 g/mol. The molecule has 1 aliphatic heterocycles. The van der Waals surface area contributed by atoms with Gasteiger partial charge in [-0.3, -0.25) is 19.3 Å². The summed E-state index contributed by atoms with van der Waals surface area (Å²) in [4.78, 5) is 51.1. The fourth-order valence-corrected chi connectivity index (χ4v) is 5.10. The Hall–Kier alpha value is -2.48. The summed E-state index contributed by atoms with van der Waals surface area (Å²) in [5.74, 6) is -2.45. The zero-order chi connectivity index (χ0) is 20.9. The lowest BCUT2D eigenvalue weighted by molar-refractivity contribution is -0.159. The highest BCUT2D eigenvalue weighted by atomic mass is 79.9. The third-order valence-electron chi connectivity index (χ3n) is 6.04. The molecular formula is C21H21BrN2O5. The van der Waals surface area contributed by atoms with Crippen molar-refractivity contribution < 1.29 is 23.9 Å². The number of amides is 3. The van der Waals surface area contributed by atoms with Crippen LogP contribution in [0, 0.1) is 30.6 Å². The maximum Gasteiger partial charge on any atom is 0.329 e. The topological polar surface area (TPSA) is 92.8 Å². The van der Waals surface area contributed by atoms with Crippen LogP contribution in [0.4, 0.5) is 5.69 Å². The molecule has 7 nitrogen and oxygen atoms in total. The Kier molecular flexibility index (Phi) is 5.06. The molecule has 3 aliphatic rings. The van der Waals surface area contributed by atoms with E-state index < -0.39 is 24.5 Å². The highest BCUT2D eigenvalue weighted by Gasteiger charge is 2.60. The van der Waals surface area contributed by atoms with Crippen molar-refractivity contribution in [3.05, 3.63) is 40.4 Å². The fraction of sp³-hybridized carbons (Fsp3) is 0.429. The van der Waals surface area contributed by atoms with Gasteiger partial charge in [-0.15, -0.1) is 0 Å². The molecule has 3 amide bonds. The number of carbonyl (C=O) groups excluding carboxylic acids is 4. The first kappa shape index (κ1) is 19.8. The summed E-state index contributed by atoms with van der Waals surface area (Å²) in [5.41, 5.74) is 1.47. The van der Waals surface area contributed by atoms with Crippen LogP contribution in [0.3, 0.4) is 0 Å². The van der Waals surface area contributed by atoms with Crippen molar-refractivity contribution in [1.29, 1.82) is 0 Å². The van der Waals surface area contributed by atoms with E-state index in [1.807, 2.05) is 25.1 Å². The van der Waals surface area contributed by atoms with Gasteiger partial charge >= 0.3 is 5.97 Å². The summed E-state index contributed by atoms with van der Waals surface area (Å²) in [6.07, 6.45) is 4.82. The van der Waals surface area contributed by atoms with E-state index in [-0.39, 0.29) is 35.5 Å². The number of rotatable bonds is 5. The minimum Gasteiger partial charge on any atom is -0.454 e. The third-order valence-corrected chi connectivity index (χ3v) is 6.53. The van der Waals surface area contributed by atoms with Crippen LogP contribution >= 0.6 is 15.9 Å². The molecule has 0 spiro atoms. The van der Waals surface area contributed by atoms with Crippen LogP contribution in [0.2, 0.25) is 0 Å². The predicted octanol–water partition coefficient (Wildman–Crippen LogP) is 2.43. The summed E-state index contributed by atoms with van der Waals surface area (Å²) in [6, 6.07) is 4.33. The van der Waals surface area contributed by atoms with Crippen molar-refractivity contribution in [2.45, 2.75) is 26.3 Å². The zero-order valence-electron chi connectivity index (χ0n) is 16.1. The Morgan fingerprint density at radius 2 is 1.83 bits per heavy atom. The van der Waals surface area contributed by atoms with Crippen molar-refractivity contribution in [3.63, 3.8) is 0 Å². The number of ether oxygens (including phenoxy) is 1. The Balaban J connectivity index is 1.35. The van der Waals surface area contributed by atoms with Crippen LogP contribution < -0.4 is 5.32 Å². The Morgan fingerprint density at radius 3 is 2.41 bits per heavy atom. The van der Waals surface area contributed by atoms with Gasteiger partial charge < -0.3 is 10.1 Å². The second kappa shape index (κ2) is 7.40. The van der Waals surface area contributed by atoms with Gasteiger partial charge in [-0.25, -0.2) is 4.79 Å². The Labute approximate surface area is 176 Å². The van der Waals surface area contributed by atoms with E-state index in [9.17, 15) is 19.2 Å². The summed E-state index contributed by atoms with van der Waals surface area (Å²) >= 11 is 3.35. The smallest absolute Gasteiger partial charge is 0.329 e.